The van der Waals surface area contributed by atoms with Crippen molar-refractivity contribution >= 4 is 11.9 Å². The van der Waals surface area contributed by atoms with Crippen molar-refractivity contribution in [3.8, 4) is 0 Å². The average molecular weight is 361 g/mol. The van der Waals surface area contributed by atoms with Crippen molar-refractivity contribution in [3.63, 3.8) is 0 Å². The van der Waals surface area contributed by atoms with Crippen molar-refractivity contribution in [3.05, 3.63) is 35.4 Å². The fourth-order valence-electron chi connectivity index (χ4n) is 3.42. The van der Waals surface area contributed by atoms with Crippen molar-refractivity contribution in [1.82, 2.24) is 15.5 Å². The Morgan fingerprint density at radius 1 is 1.27 bits per heavy atom. The second kappa shape index (κ2) is 10.8. The van der Waals surface area contributed by atoms with Gasteiger partial charge in [0, 0.05) is 32.7 Å². The monoisotopic (exact) mass is 360 g/mol. The molecule has 1 aliphatic heterocycles. The molecule has 1 saturated heterocycles. The molecule has 0 bridgehead atoms. The number of nitrogens with one attached hydrogen (secondary N) is 2. The molecule has 1 atom stereocenters. The van der Waals surface area contributed by atoms with Gasteiger partial charge in [0.1, 0.15) is 0 Å². The van der Waals surface area contributed by atoms with Gasteiger partial charge in [0.25, 0.3) is 0 Å². The molecular weight excluding hydrogens is 328 g/mol. The number of nitrogens with zero attached hydrogens (tertiary/aromatic N) is 2. The highest BCUT2D eigenvalue weighted by atomic mass is 16.5. The van der Waals surface area contributed by atoms with Gasteiger partial charge >= 0.3 is 5.97 Å². The van der Waals surface area contributed by atoms with E-state index < -0.39 is 0 Å². The Hall–Kier alpha value is -2.08. The van der Waals surface area contributed by atoms with Crippen molar-refractivity contribution in [2.75, 3.05) is 33.8 Å². The predicted molar refractivity (Wildman–Crippen MR) is 105 cm³/mol. The summed E-state index contributed by atoms with van der Waals surface area (Å²) in [4.78, 5) is 18.3. The number of piperidine rings is 1. The summed E-state index contributed by atoms with van der Waals surface area (Å²) in [7, 11) is 3.17. The molecule has 1 unspecified atom stereocenters. The van der Waals surface area contributed by atoms with Crippen LogP contribution in [-0.2, 0) is 11.3 Å². The molecule has 0 amide bonds. The lowest BCUT2D eigenvalue weighted by atomic mass is 10.0. The summed E-state index contributed by atoms with van der Waals surface area (Å²) in [6.45, 7) is 6.08. The van der Waals surface area contributed by atoms with Crippen LogP contribution >= 0.6 is 0 Å². The van der Waals surface area contributed by atoms with Gasteiger partial charge in [0.05, 0.1) is 12.7 Å². The lowest BCUT2D eigenvalue weighted by molar-refractivity contribution is 0.0600. The van der Waals surface area contributed by atoms with Crippen LogP contribution < -0.4 is 10.6 Å². The third kappa shape index (κ3) is 6.02. The number of likely N-dealkylation sites (tertiary alicyclic amines) is 1. The third-order valence-electron chi connectivity index (χ3n) is 4.97. The smallest absolute Gasteiger partial charge is 0.337 e. The largest absolute Gasteiger partial charge is 0.465 e. The zero-order valence-corrected chi connectivity index (χ0v) is 16.3. The Kier molecular flexibility index (Phi) is 8.41. The summed E-state index contributed by atoms with van der Waals surface area (Å²) in [6.07, 6.45) is 5.23. The predicted octanol–water partition coefficient (Wildman–Crippen LogP) is 2.40. The molecule has 6 nitrogen and oxygen atoms in total. The van der Waals surface area contributed by atoms with Gasteiger partial charge in [0.2, 0.25) is 0 Å². The lowest BCUT2D eigenvalue weighted by Crippen LogP contribution is -2.45. The number of benzene rings is 1. The first-order valence-electron chi connectivity index (χ1n) is 9.53. The van der Waals surface area contributed by atoms with Crippen LogP contribution in [0.2, 0.25) is 0 Å². The first-order chi connectivity index (χ1) is 12.7. The fraction of sp³-hybridized carbons (Fsp3) is 0.600. The van der Waals surface area contributed by atoms with Gasteiger partial charge in [-0.1, -0.05) is 25.5 Å². The van der Waals surface area contributed by atoms with E-state index in [1.165, 1.54) is 39.3 Å². The minimum atomic E-state index is -0.315. The zero-order valence-electron chi connectivity index (χ0n) is 16.3. The topological polar surface area (TPSA) is 66.0 Å². The minimum Gasteiger partial charge on any atom is -0.465 e. The molecule has 0 spiro atoms. The Bertz CT molecular complexity index is 586. The standard InChI is InChI=1S/C20H32N4O2/c1-4-18-7-5-6-13-24(18)14-12-22-20(21-2)23-15-16-8-10-17(11-9-16)19(25)26-3/h8-11,18H,4-7,12-15H2,1-3H3,(H2,21,22,23). The zero-order chi connectivity index (χ0) is 18.8. The molecule has 0 radical (unpaired) electrons. The van der Waals surface area contributed by atoms with Crippen molar-refractivity contribution in [2.24, 2.45) is 4.99 Å². The second-order valence-electron chi connectivity index (χ2n) is 6.63. The number of methoxy groups -OCH3 is 1. The molecular formula is C20H32N4O2. The van der Waals surface area contributed by atoms with E-state index in [-0.39, 0.29) is 5.97 Å². The molecule has 144 valence electrons. The Labute approximate surface area is 157 Å². The summed E-state index contributed by atoms with van der Waals surface area (Å²) in [5.41, 5.74) is 1.65. The fourth-order valence-corrected chi connectivity index (χ4v) is 3.42. The summed E-state index contributed by atoms with van der Waals surface area (Å²) in [6, 6.07) is 8.13. The number of ether oxygens (including phenoxy) is 1. The van der Waals surface area contributed by atoms with Crippen LogP contribution in [0.25, 0.3) is 0 Å². The quantitative estimate of drug-likeness (QED) is 0.444. The molecule has 1 fully saturated rings. The van der Waals surface area contributed by atoms with Gasteiger partial charge in [-0.05, 0) is 43.5 Å². The second-order valence-corrected chi connectivity index (χ2v) is 6.63. The summed E-state index contributed by atoms with van der Waals surface area (Å²) in [5.74, 6) is 0.484. The van der Waals surface area contributed by atoms with Crippen LogP contribution in [0.1, 0.15) is 48.5 Å². The van der Waals surface area contributed by atoms with E-state index in [0.29, 0.717) is 12.1 Å². The molecule has 1 heterocycles. The van der Waals surface area contributed by atoms with E-state index in [2.05, 4.69) is 27.4 Å². The molecule has 1 aliphatic rings. The van der Waals surface area contributed by atoms with Gasteiger partial charge in [-0.2, -0.15) is 0 Å². The van der Waals surface area contributed by atoms with E-state index in [1.807, 2.05) is 12.1 Å². The maximum Gasteiger partial charge on any atom is 0.337 e. The molecule has 0 aromatic heterocycles. The molecule has 2 N–H and O–H groups in total. The molecule has 6 heteroatoms. The molecule has 26 heavy (non-hydrogen) atoms. The lowest BCUT2D eigenvalue weighted by Gasteiger charge is -2.35. The van der Waals surface area contributed by atoms with Crippen LogP contribution in [0.4, 0.5) is 0 Å². The molecule has 1 aromatic carbocycles. The first-order valence-corrected chi connectivity index (χ1v) is 9.53. The maximum absolute atomic E-state index is 11.5. The minimum absolute atomic E-state index is 0.315. The third-order valence-corrected chi connectivity index (χ3v) is 4.97. The number of carbonyl (C=O) groups excluding carboxylic acids is 1. The van der Waals surface area contributed by atoms with Gasteiger partial charge in [-0.15, -0.1) is 0 Å². The summed E-state index contributed by atoms with van der Waals surface area (Å²) in [5, 5.41) is 6.71. The summed E-state index contributed by atoms with van der Waals surface area (Å²) >= 11 is 0. The average Bonchev–Trinajstić information content (AvgIpc) is 2.70. The van der Waals surface area contributed by atoms with Gasteiger partial charge in [0.15, 0.2) is 5.96 Å². The van der Waals surface area contributed by atoms with E-state index in [0.717, 1.165) is 30.7 Å². The molecule has 2 rings (SSSR count). The SMILES string of the molecule is CCC1CCCCN1CCNC(=NC)NCc1ccc(C(=O)OC)cc1. The molecule has 0 aliphatic carbocycles. The normalized spacial score (nSPS) is 18.4. The molecule has 0 saturated carbocycles. The van der Waals surface area contributed by atoms with Gasteiger partial charge in [-0.25, -0.2) is 4.79 Å². The number of carbonyl (C=O) groups is 1. The number of hydrogen-bond acceptors (Lipinski definition) is 4. The number of rotatable bonds is 7. The van der Waals surface area contributed by atoms with E-state index in [1.54, 1.807) is 19.2 Å². The number of esters is 1. The summed E-state index contributed by atoms with van der Waals surface area (Å²) < 4.78 is 4.71. The van der Waals surface area contributed by atoms with Crippen molar-refractivity contribution < 1.29 is 9.53 Å². The number of aliphatic imine (C=N–C) groups is 1. The van der Waals surface area contributed by atoms with Gasteiger partial charge < -0.3 is 15.4 Å². The van der Waals surface area contributed by atoms with Crippen LogP contribution in [0.3, 0.4) is 0 Å². The van der Waals surface area contributed by atoms with Crippen LogP contribution in [0.5, 0.6) is 0 Å². The van der Waals surface area contributed by atoms with E-state index >= 15 is 0 Å². The highest BCUT2D eigenvalue weighted by Gasteiger charge is 2.19. The van der Waals surface area contributed by atoms with Gasteiger partial charge in [-0.3, -0.25) is 9.89 Å². The highest BCUT2D eigenvalue weighted by molar-refractivity contribution is 5.89. The maximum atomic E-state index is 11.5. The van der Waals surface area contributed by atoms with E-state index in [4.69, 9.17) is 4.74 Å². The van der Waals surface area contributed by atoms with Crippen LogP contribution in [0.15, 0.2) is 29.3 Å². The van der Waals surface area contributed by atoms with Crippen molar-refractivity contribution in [2.45, 2.75) is 45.2 Å². The Morgan fingerprint density at radius 3 is 2.69 bits per heavy atom. The first kappa shape index (κ1) is 20.2. The van der Waals surface area contributed by atoms with Crippen LogP contribution in [0, 0.1) is 0 Å². The van der Waals surface area contributed by atoms with E-state index in [9.17, 15) is 4.79 Å². The molecule has 1 aromatic rings. The van der Waals surface area contributed by atoms with Crippen molar-refractivity contribution in [1.29, 1.82) is 0 Å². The van der Waals surface area contributed by atoms with Crippen LogP contribution in [-0.4, -0.2) is 56.7 Å². The number of hydrogen-bond donors (Lipinski definition) is 2. The number of guanidine groups is 1. The Morgan fingerprint density at radius 2 is 2.04 bits per heavy atom. The highest BCUT2D eigenvalue weighted by Crippen LogP contribution is 2.18. The Balaban J connectivity index is 1.74.